The molecule has 2 rings (SSSR count). The molecule has 6 heteroatoms. The van der Waals surface area contributed by atoms with Crippen LogP contribution in [0.3, 0.4) is 0 Å². The van der Waals surface area contributed by atoms with Gasteiger partial charge in [0.1, 0.15) is 10.8 Å². The molecule has 0 fully saturated rings. The van der Waals surface area contributed by atoms with Crippen molar-refractivity contribution in [3.63, 3.8) is 0 Å². The second kappa shape index (κ2) is 8.43. The number of hydrogen-bond acceptors (Lipinski definition) is 5. The molecule has 1 amide bonds. The first-order valence-electron chi connectivity index (χ1n) is 7.52. The maximum atomic E-state index is 12.1. The Morgan fingerprint density at radius 2 is 1.96 bits per heavy atom. The number of nitrogens with one attached hydrogen (secondary N) is 1. The van der Waals surface area contributed by atoms with Crippen LogP contribution in [0.1, 0.15) is 40.8 Å². The first kappa shape index (κ1) is 17.1. The number of rotatable bonds is 8. The molecular weight excluding hydrogens is 312 g/mol. The van der Waals surface area contributed by atoms with E-state index in [4.69, 9.17) is 4.74 Å². The van der Waals surface area contributed by atoms with Gasteiger partial charge in [-0.1, -0.05) is 0 Å². The number of aromatic nitrogens is 1. The van der Waals surface area contributed by atoms with Crippen molar-refractivity contribution >= 4 is 23.0 Å². The lowest BCUT2D eigenvalue weighted by molar-refractivity contribution is -0.121. The minimum Gasteiger partial charge on any atom is -0.494 e. The lowest BCUT2D eigenvalue weighted by Crippen LogP contribution is -2.23. The van der Waals surface area contributed by atoms with Crippen molar-refractivity contribution in [2.24, 2.45) is 0 Å². The molecule has 0 aliphatic heterocycles. The Balaban J connectivity index is 1.75. The van der Waals surface area contributed by atoms with Crippen LogP contribution in [-0.4, -0.2) is 23.3 Å². The average Bonchev–Trinajstić information content (AvgIpc) is 2.97. The highest BCUT2D eigenvalue weighted by Crippen LogP contribution is 2.14. The standard InChI is InChI=1S/C17H20N2O3S/c1-3-22-14-6-4-13(5-7-14)15(20)8-9-16(21)18-10-17-19-12(2)11-23-17/h4-7,11H,3,8-10H2,1-2H3,(H,18,21). The van der Waals surface area contributed by atoms with Gasteiger partial charge in [0.15, 0.2) is 5.78 Å². The molecule has 0 radical (unpaired) electrons. The lowest BCUT2D eigenvalue weighted by Gasteiger charge is -2.05. The van der Waals surface area contributed by atoms with Crippen molar-refractivity contribution in [3.05, 3.63) is 45.9 Å². The molecule has 0 aliphatic carbocycles. The number of benzene rings is 1. The molecule has 0 spiro atoms. The first-order chi connectivity index (χ1) is 11.1. The molecule has 5 nitrogen and oxygen atoms in total. The topological polar surface area (TPSA) is 68.3 Å². The van der Waals surface area contributed by atoms with Crippen LogP contribution in [0.4, 0.5) is 0 Å². The molecule has 1 aromatic carbocycles. The predicted octanol–water partition coefficient (Wildman–Crippen LogP) is 3.13. The summed E-state index contributed by atoms with van der Waals surface area (Å²) in [5, 5.41) is 5.59. The fourth-order valence-corrected chi connectivity index (χ4v) is 2.73. The number of ketones is 1. The number of hydrogen-bond donors (Lipinski definition) is 1. The quantitative estimate of drug-likeness (QED) is 0.754. The van der Waals surface area contributed by atoms with Gasteiger partial charge in [0.25, 0.3) is 0 Å². The van der Waals surface area contributed by atoms with E-state index >= 15 is 0 Å². The maximum absolute atomic E-state index is 12.1. The predicted molar refractivity (Wildman–Crippen MR) is 89.9 cm³/mol. The summed E-state index contributed by atoms with van der Waals surface area (Å²) in [5.41, 5.74) is 1.54. The highest BCUT2D eigenvalue weighted by atomic mass is 32.1. The lowest BCUT2D eigenvalue weighted by atomic mass is 10.1. The minimum absolute atomic E-state index is 0.0479. The third kappa shape index (κ3) is 5.49. The number of ether oxygens (including phenoxy) is 1. The van der Waals surface area contributed by atoms with Crippen molar-refractivity contribution < 1.29 is 14.3 Å². The zero-order valence-electron chi connectivity index (χ0n) is 13.3. The van der Waals surface area contributed by atoms with Crippen molar-refractivity contribution in [1.29, 1.82) is 0 Å². The Morgan fingerprint density at radius 1 is 1.22 bits per heavy atom. The molecule has 1 aromatic heterocycles. The monoisotopic (exact) mass is 332 g/mol. The van der Waals surface area contributed by atoms with Gasteiger partial charge in [0.05, 0.1) is 13.2 Å². The number of Topliss-reactive ketones (excluding diaryl/α,β-unsaturated/α-hetero) is 1. The van der Waals surface area contributed by atoms with Gasteiger partial charge < -0.3 is 10.1 Å². The summed E-state index contributed by atoms with van der Waals surface area (Å²) in [4.78, 5) is 28.1. The summed E-state index contributed by atoms with van der Waals surface area (Å²) in [6.45, 7) is 4.82. The van der Waals surface area contributed by atoms with E-state index in [0.717, 1.165) is 16.5 Å². The average molecular weight is 332 g/mol. The van der Waals surface area contributed by atoms with Crippen LogP contribution in [0.5, 0.6) is 5.75 Å². The van der Waals surface area contributed by atoms with Crippen LogP contribution >= 0.6 is 11.3 Å². The van der Waals surface area contributed by atoms with Crippen LogP contribution in [0.2, 0.25) is 0 Å². The van der Waals surface area contributed by atoms with Gasteiger partial charge in [-0.25, -0.2) is 4.98 Å². The van der Waals surface area contributed by atoms with Crippen LogP contribution < -0.4 is 10.1 Å². The summed E-state index contributed by atoms with van der Waals surface area (Å²) >= 11 is 1.51. The smallest absolute Gasteiger partial charge is 0.220 e. The molecule has 0 saturated carbocycles. The van der Waals surface area contributed by atoms with E-state index in [0.29, 0.717) is 18.7 Å². The zero-order chi connectivity index (χ0) is 16.7. The Bertz CT molecular complexity index is 665. The Kier molecular flexibility index (Phi) is 6.29. The second-order valence-corrected chi connectivity index (χ2v) is 5.98. The molecule has 122 valence electrons. The Hall–Kier alpha value is -2.21. The molecule has 0 atom stereocenters. The third-order valence-corrected chi connectivity index (χ3v) is 4.14. The largest absolute Gasteiger partial charge is 0.494 e. The summed E-state index contributed by atoms with van der Waals surface area (Å²) in [6, 6.07) is 6.98. The van der Waals surface area contributed by atoms with Crippen LogP contribution in [-0.2, 0) is 11.3 Å². The summed E-state index contributed by atoms with van der Waals surface area (Å²) in [7, 11) is 0. The van der Waals surface area contributed by atoms with Gasteiger partial charge in [-0.15, -0.1) is 11.3 Å². The number of carbonyl (C=O) groups is 2. The molecule has 2 aromatic rings. The van der Waals surface area contributed by atoms with Crippen LogP contribution in [0.15, 0.2) is 29.6 Å². The molecule has 0 unspecified atom stereocenters. The van der Waals surface area contributed by atoms with Crippen molar-refractivity contribution in [3.8, 4) is 5.75 Å². The Labute approximate surface area is 139 Å². The van der Waals surface area contributed by atoms with Crippen molar-refractivity contribution in [1.82, 2.24) is 10.3 Å². The van der Waals surface area contributed by atoms with E-state index in [2.05, 4.69) is 10.3 Å². The molecule has 0 bridgehead atoms. The minimum atomic E-state index is -0.142. The van der Waals surface area contributed by atoms with Gasteiger partial charge in [-0.05, 0) is 38.1 Å². The fourth-order valence-electron chi connectivity index (χ4n) is 2.02. The number of carbonyl (C=O) groups excluding carboxylic acids is 2. The molecular formula is C17H20N2O3S. The number of amides is 1. The highest BCUT2D eigenvalue weighted by molar-refractivity contribution is 7.09. The van der Waals surface area contributed by atoms with E-state index in [1.54, 1.807) is 24.3 Å². The Morgan fingerprint density at radius 3 is 2.57 bits per heavy atom. The first-order valence-corrected chi connectivity index (χ1v) is 8.40. The molecule has 0 saturated heterocycles. The van der Waals surface area contributed by atoms with Gasteiger partial charge in [-0.3, -0.25) is 9.59 Å². The van der Waals surface area contributed by atoms with E-state index in [1.165, 1.54) is 11.3 Å². The van der Waals surface area contributed by atoms with E-state index in [9.17, 15) is 9.59 Å². The molecule has 0 aliphatic rings. The zero-order valence-corrected chi connectivity index (χ0v) is 14.1. The van der Waals surface area contributed by atoms with Crippen LogP contribution in [0.25, 0.3) is 0 Å². The number of aryl methyl sites for hydroxylation is 1. The third-order valence-electron chi connectivity index (χ3n) is 3.17. The van der Waals surface area contributed by atoms with Gasteiger partial charge in [-0.2, -0.15) is 0 Å². The van der Waals surface area contributed by atoms with Crippen molar-refractivity contribution in [2.75, 3.05) is 6.61 Å². The van der Waals surface area contributed by atoms with Gasteiger partial charge in [0.2, 0.25) is 5.91 Å². The summed E-state index contributed by atoms with van der Waals surface area (Å²) in [6.07, 6.45) is 0.368. The second-order valence-electron chi connectivity index (χ2n) is 5.04. The van der Waals surface area contributed by atoms with Crippen molar-refractivity contribution in [2.45, 2.75) is 33.2 Å². The van der Waals surface area contributed by atoms with Crippen LogP contribution in [0, 0.1) is 6.92 Å². The SMILES string of the molecule is CCOc1ccc(C(=O)CCC(=O)NCc2nc(C)cs2)cc1. The molecule has 23 heavy (non-hydrogen) atoms. The number of nitrogens with zero attached hydrogens (tertiary/aromatic N) is 1. The van der Waals surface area contributed by atoms with E-state index in [1.807, 2.05) is 19.2 Å². The molecule has 1 N–H and O–H groups in total. The van der Waals surface area contributed by atoms with Gasteiger partial charge in [0, 0.05) is 29.5 Å². The highest BCUT2D eigenvalue weighted by Gasteiger charge is 2.10. The van der Waals surface area contributed by atoms with Gasteiger partial charge >= 0.3 is 0 Å². The normalized spacial score (nSPS) is 10.3. The summed E-state index contributed by atoms with van der Waals surface area (Å²) < 4.78 is 5.33. The summed E-state index contributed by atoms with van der Waals surface area (Å²) in [5.74, 6) is 0.547. The van der Waals surface area contributed by atoms with E-state index in [-0.39, 0.29) is 24.5 Å². The number of thiazole rings is 1. The maximum Gasteiger partial charge on any atom is 0.220 e. The van der Waals surface area contributed by atoms with E-state index < -0.39 is 0 Å². The fraction of sp³-hybridized carbons (Fsp3) is 0.353. The molecule has 1 heterocycles.